The lowest BCUT2D eigenvalue weighted by Crippen LogP contribution is -2.22. The van der Waals surface area contributed by atoms with Crippen molar-refractivity contribution in [3.63, 3.8) is 0 Å². The van der Waals surface area contributed by atoms with Gasteiger partial charge < -0.3 is 21.1 Å². The molecule has 2 heterocycles. The summed E-state index contributed by atoms with van der Waals surface area (Å²) in [7, 11) is 3.46. The van der Waals surface area contributed by atoms with Crippen LogP contribution in [0.5, 0.6) is 0 Å². The number of amides is 1. The Labute approximate surface area is 205 Å². The van der Waals surface area contributed by atoms with Crippen LogP contribution in [-0.2, 0) is 6.42 Å². The van der Waals surface area contributed by atoms with Gasteiger partial charge in [-0.2, -0.15) is 10.1 Å². The van der Waals surface area contributed by atoms with E-state index in [9.17, 15) is 4.79 Å². The molecule has 0 atom stereocenters. The molecule has 0 unspecified atom stereocenters. The van der Waals surface area contributed by atoms with Crippen LogP contribution in [0.3, 0.4) is 0 Å². The summed E-state index contributed by atoms with van der Waals surface area (Å²) >= 11 is 0. The Morgan fingerprint density at radius 3 is 2.43 bits per heavy atom. The number of nitrogens with zero attached hydrogens (tertiary/aromatic N) is 4. The average molecular weight is 474 g/mol. The van der Waals surface area contributed by atoms with Gasteiger partial charge in [0.15, 0.2) is 0 Å². The van der Waals surface area contributed by atoms with Crippen molar-refractivity contribution >= 4 is 23.4 Å². The number of rotatable bonds is 6. The fourth-order valence-corrected chi connectivity index (χ4v) is 3.33. The molecule has 35 heavy (non-hydrogen) atoms. The molecule has 0 bridgehead atoms. The van der Waals surface area contributed by atoms with Gasteiger partial charge in [-0.1, -0.05) is 30.3 Å². The Kier molecular flexibility index (Phi) is 8.53. The number of H-pyrrole nitrogens is 1. The molecule has 0 aliphatic heterocycles. The second kappa shape index (κ2) is 11.8. The number of nitrogens with two attached hydrogens (primary N) is 1. The smallest absolute Gasteiger partial charge is 0.253 e. The number of carbonyl (C=O) groups is 1. The zero-order chi connectivity index (χ0) is 25.4. The van der Waals surface area contributed by atoms with Crippen molar-refractivity contribution in [1.29, 1.82) is 0 Å². The Morgan fingerprint density at radius 2 is 1.86 bits per heavy atom. The van der Waals surface area contributed by atoms with Crippen molar-refractivity contribution in [1.82, 2.24) is 25.1 Å². The highest BCUT2D eigenvalue weighted by Gasteiger charge is 2.13. The molecular formula is C26H31N7O2. The maximum Gasteiger partial charge on any atom is 0.253 e. The molecule has 0 fully saturated rings. The highest BCUT2D eigenvalue weighted by atomic mass is 16.3. The minimum Gasteiger partial charge on any atom is -0.396 e. The molecule has 4 rings (SSSR count). The van der Waals surface area contributed by atoms with Crippen molar-refractivity contribution in [2.75, 3.05) is 31.8 Å². The number of aromatic nitrogens is 4. The third-order valence-electron chi connectivity index (χ3n) is 5.16. The Bertz CT molecular complexity index is 1270. The Balaban J connectivity index is 0.000000320. The molecule has 9 nitrogen and oxygen atoms in total. The first kappa shape index (κ1) is 25.4. The van der Waals surface area contributed by atoms with E-state index in [0.29, 0.717) is 28.6 Å². The number of aliphatic hydroxyl groups is 1. The van der Waals surface area contributed by atoms with Crippen LogP contribution < -0.4 is 11.1 Å². The maximum atomic E-state index is 12.1. The zero-order valence-corrected chi connectivity index (χ0v) is 20.4. The number of aryl methyl sites for hydroxylation is 2. The van der Waals surface area contributed by atoms with Crippen LogP contribution in [0.2, 0.25) is 0 Å². The number of hydrogen-bond donors (Lipinski definition) is 4. The number of aliphatic hydroxyl groups excluding tert-OH is 1. The molecule has 0 saturated heterocycles. The van der Waals surface area contributed by atoms with E-state index in [1.165, 1.54) is 5.56 Å². The third-order valence-corrected chi connectivity index (χ3v) is 5.16. The van der Waals surface area contributed by atoms with Gasteiger partial charge in [-0.05, 0) is 55.7 Å². The fourth-order valence-electron chi connectivity index (χ4n) is 3.33. The summed E-state index contributed by atoms with van der Waals surface area (Å²) < 4.78 is 0. The normalized spacial score (nSPS) is 10.3. The number of aromatic amines is 1. The fraction of sp³-hybridized carbons (Fsp3) is 0.231. The average Bonchev–Trinajstić information content (AvgIpc) is 3.26. The van der Waals surface area contributed by atoms with E-state index in [1.54, 1.807) is 31.3 Å². The van der Waals surface area contributed by atoms with Crippen molar-refractivity contribution in [2.24, 2.45) is 0 Å². The molecule has 0 aliphatic rings. The zero-order valence-electron chi connectivity index (χ0n) is 20.4. The van der Waals surface area contributed by atoms with E-state index in [1.807, 2.05) is 62.4 Å². The van der Waals surface area contributed by atoms with Gasteiger partial charge in [0.05, 0.1) is 11.3 Å². The quantitative estimate of drug-likeness (QED) is 0.335. The van der Waals surface area contributed by atoms with E-state index < -0.39 is 0 Å². The molecule has 0 aliphatic carbocycles. The van der Waals surface area contributed by atoms with E-state index in [4.69, 9.17) is 10.8 Å². The molecule has 182 valence electrons. The second-order valence-electron chi connectivity index (χ2n) is 8.24. The molecule has 0 spiro atoms. The van der Waals surface area contributed by atoms with Gasteiger partial charge in [0.1, 0.15) is 5.82 Å². The van der Waals surface area contributed by atoms with E-state index in [-0.39, 0.29) is 12.5 Å². The van der Waals surface area contributed by atoms with Crippen LogP contribution >= 0.6 is 0 Å². The van der Waals surface area contributed by atoms with E-state index in [2.05, 4.69) is 25.5 Å². The first-order chi connectivity index (χ1) is 16.8. The number of hydrogen-bond acceptors (Lipinski definition) is 7. The van der Waals surface area contributed by atoms with Crippen molar-refractivity contribution in [3.05, 3.63) is 83.2 Å². The summed E-state index contributed by atoms with van der Waals surface area (Å²) in [4.78, 5) is 22.3. The van der Waals surface area contributed by atoms with E-state index >= 15 is 0 Å². The predicted molar refractivity (Wildman–Crippen MR) is 138 cm³/mol. The van der Waals surface area contributed by atoms with Crippen LogP contribution in [0.25, 0.3) is 11.3 Å². The molecule has 5 N–H and O–H groups in total. The molecule has 0 saturated carbocycles. The van der Waals surface area contributed by atoms with Gasteiger partial charge in [0.2, 0.25) is 5.95 Å². The molecule has 9 heteroatoms. The Hall–Kier alpha value is -4.24. The van der Waals surface area contributed by atoms with Crippen LogP contribution in [0, 0.1) is 13.8 Å². The lowest BCUT2D eigenvalue weighted by atomic mass is 10.1. The van der Waals surface area contributed by atoms with Crippen LogP contribution in [-0.4, -0.2) is 56.8 Å². The van der Waals surface area contributed by atoms with Gasteiger partial charge in [-0.15, -0.1) is 0 Å². The first-order valence-electron chi connectivity index (χ1n) is 11.2. The van der Waals surface area contributed by atoms with Crippen LogP contribution in [0.1, 0.15) is 27.2 Å². The SMILES string of the molecule is Cc1cc(-c2cnc(Nc3ccc(C(=O)N(C)C)c(C)c3)nc2N)n[nH]1.OCCc1ccccc1. The highest BCUT2D eigenvalue weighted by Crippen LogP contribution is 2.25. The maximum absolute atomic E-state index is 12.1. The van der Waals surface area contributed by atoms with Gasteiger partial charge >= 0.3 is 0 Å². The van der Waals surface area contributed by atoms with Gasteiger partial charge in [-0.3, -0.25) is 9.89 Å². The first-order valence-corrected chi connectivity index (χ1v) is 11.2. The summed E-state index contributed by atoms with van der Waals surface area (Å²) in [6.07, 6.45) is 2.40. The highest BCUT2D eigenvalue weighted by molar-refractivity contribution is 5.95. The minimum atomic E-state index is -0.0341. The summed E-state index contributed by atoms with van der Waals surface area (Å²) in [5.74, 6) is 0.683. The third kappa shape index (κ3) is 6.87. The van der Waals surface area contributed by atoms with Gasteiger partial charge in [-0.25, -0.2) is 4.98 Å². The molecule has 1 amide bonds. The molecular weight excluding hydrogens is 442 g/mol. The largest absolute Gasteiger partial charge is 0.396 e. The summed E-state index contributed by atoms with van der Waals surface area (Å²) in [6.45, 7) is 4.04. The number of benzene rings is 2. The molecule has 4 aromatic rings. The summed E-state index contributed by atoms with van der Waals surface area (Å²) in [5.41, 5.74) is 11.9. The lowest BCUT2D eigenvalue weighted by molar-refractivity contribution is 0.0827. The number of nitrogens with one attached hydrogen (secondary N) is 2. The second-order valence-corrected chi connectivity index (χ2v) is 8.24. The number of carbonyl (C=O) groups excluding carboxylic acids is 1. The van der Waals surface area contributed by atoms with Gasteiger partial charge in [0, 0.05) is 43.8 Å². The molecule has 0 radical (unpaired) electrons. The van der Waals surface area contributed by atoms with Gasteiger partial charge in [0.25, 0.3) is 5.91 Å². The Morgan fingerprint density at radius 1 is 1.11 bits per heavy atom. The summed E-state index contributed by atoms with van der Waals surface area (Å²) in [6, 6.07) is 17.3. The lowest BCUT2D eigenvalue weighted by Gasteiger charge is -2.14. The standard InChI is InChI=1S/C18H21N7O.C8H10O/c1-10-7-12(5-6-13(10)17(26)25(3)4)21-18-20-9-14(16(19)22-18)15-8-11(2)23-24-15;9-7-6-8-4-2-1-3-5-8/h5-9H,1-4H3,(H,23,24)(H3,19,20,21,22);1-5,9H,6-7H2. The van der Waals surface area contributed by atoms with Crippen molar-refractivity contribution in [2.45, 2.75) is 20.3 Å². The topological polar surface area (TPSA) is 133 Å². The summed E-state index contributed by atoms with van der Waals surface area (Å²) in [5, 5.41) is 18.7. The van der Waals surface area contributed by atoms with Crippen LogP contribution in [0.4, 0.5) is 17.5 Å². The van der Waals surface area contributed by atoms with E-state index in [0.717, 1.165) is 23.4 Å². The van der Waals surface area contributed by atoms with Crippen molar-refractivity contribution < 1.29 is 9.90 Å². The number of nitrogen functional groups attached to an aromatic ring is 1. The predicted octanol–water partition coefficient (Wildman–Crippen LogP) is 3.73. The molecule has 2 aromatic heterocycles. The monoisotopic (exact) mass is 473 g/mol. The van der Waals surface area contributed by atoms with Crippen molar-refractivity contribution in [3.8, 4) is 11.3 Å². The number of anilines is 3. The van der Waals surface area contributed by atoms with Crippen LogP contribution in [0.15, 0.2) is 60.8 Å². The molecule has 2 aromatic carbocycles. The minimum absolute atomic E-state index is 0.0341.